The van der Waals surface area contributed by atoms with Crippen LogP contribution < -0.4 is 0 Å². The zero-order valence-electron chi connectivity index (χ0n) is 17.4. The van der Waals surface area contributed by atoms with Crippen molar-refractivity contribution in [1.29, 1.82) is 0 Å². The second-order valence-corrected chi connectivity index (χ2v) is 8.43. The van der Waals surface area contributed by atoms with Gasteiger partial charge in [-0.25, -0.2) is 9.18 Å². The molecule has 5 nitrogen and oxygen atoms in total. The van der Waals surface area contributed by atoms with E-state index in [0.29, 0.717) is 23.7 Å². The molecule has 1 N–H and O–H groups in total. The number of hydrogen-bond donors (Lipinski definition) is 1. The number of carboxylic acid groups (broad SMARTS) is 1. The average Bonchev–Trinajstić information content (AvgIpc) is 2.70. The number of aliphatic carboxylic acids is 1. The lowest BCUT2D eigenvalue weighted by atomic mass is 10.0. The van der Waals surface area contributed by atoms with E-state index < -0.39 is 5.97 Å². The fraction of sp³-hybridized carbons (Fsp3) is 0.304. The standard InChI is InChI=1S/C23H26FN3O2S/c1-4-30-22-21(23(28)29)16(2)12-20(26(3)15-19-10-5-6-11-25-19)27(22)14-17-8-7-9-18(24)13-17/h5-13,20H,4,14-15H2,1-3H3,(H,28,29). The molecule has 0 fully saturated rings. The Morgan fingerprint density at radius 3 is 2.73 bits per heavy atom. The highest BCUT2D eigenvalue weighted by atomic mass is 32.2. The lowest BCUT2D eigenvalue weighted by Gasteiger charge is -2.42. The van der Waals surface area contributed by atoms with Crippen molar-refractivity contribution < 1.29 is 14.3 Å². The number of carboxylic acids is 1. The third kappa shape index (κ3) is 5.09. The van der Waals surface area contributed by atoms with Crippen LogP contribution in [-0.2, 0) is 17.9 Å². The highest BCUT2D eigenvalue weighted by molar-refractivity contribution is 8.03. The maximum atomic E-state index is 13.8. The van der Waals surface area contributed by atoms with Gasteiger partial charge in [0.25, 0.3) is 0 Å². The number of carbonyl (C=O) groups is 1. The van der Waals surface area contributed by atoms with Gasteiger partial charge in [0.2, 0.25) is 0 Å². The van der Waals surface area contributed by atoms with Gasteiger partial charge in [-0.3, -0.25) is 9.88 Å². The number of pyridine rings is 1. The number of nitrogens with zero attached hydrogens (tertiary/aromatic N) is 3. The first-order valence-corrected chi connectivity index (χ1v) is 10.8. The van der Waals surface area contributed by atoms with Crippen LogP contribution in [0.1, 0.15) is 25.1 Å². The minimum absolute atomic E-state index is 0.188. The molecular formula is C23H26FN3O2S. The van der Waals surface area contributed by atoms with E-state index in [1.54, 1.807) is 12.3 Å². The number of aromatic nitrogens is 1. The van der Waals surface area contributed by atoms with Gasteiger partial charge in [0.15, 0.2) is 0 Å². The van der Waals surface area contributed by atoms with Crippen molar-refractivity contribution in [2.45, 2.75) is 33.1 Å². The number of thioether (sulfide) groups is 1. The summed E-state index contributed by atoms with van der Waals surface area (Å²) in [5.74, 6) is -0.521. The summed E-state index contributed by atoms with van der Waals surface area (Å²) in [5, 5.41) is 10.6. The van der Waals surface area contributed by atoms with Crippen molar-refractivity contribution in [3.05, 3.63) is 88.0 Å². The largest absolute Gasteiger partial charge is 0.478 e. The zero-order chi connectivity index (χ0) is 21.7. The van der Waals surface area contributed by atoms with Gasteiger partial charge in [-0.1, -0.05) is 25.1 Å². The Kier molecular flexibility index (Phi) is 7.29. The van der Waals surface area contributed by atoms with E-state index in [1.165, 1.54) is 23.9 Å². The monoisotopic (exact) mass is 427 g/mol. The first-order chi connectivity index (χ1) is 14.4. The van der Waals surface area contributed by atoms with Gasteiger partial charge in [0.1, 0.15) is 12.0 Å². The first kappa shape index (κ1) is 22.1. The summed E-state index contributed by atoms with van der Waals surface area (Å²) >= 11 is 1.50. The van der Waals surface area contributed by atoms with Crippen LogP contribution in [-0.4, -0.2) is 44.8 Å². The number of hydrogen-bond acceptors (Lipinski definition) is 5. The average molecular weight is 428 g/mol. The second kappa shape index (κ2) is 9.91. The van der Waals surface area contributed by atoms with E-state index >= 15 is 0 Å². The van der Waals surface area contributed by atoms with Gasteiger partial charge < -0.3 is 10.0 Å². The van der Waals surface area contributed by atoms with Crippen LogP contribution in [0.25, 0.3) is 0 Å². The maximum Gasteiger partial charge on any atom is 0.338 e. The predicted octanol–water partition coefficient (Wildman–Crippen LogP) is 4.49. The number of rotatable bonds is 8. The maximum absolute atomic E-state index is 13.8. The molecule has 0 radical (unpaired) electrons. The van der Waals surface area contributed by atoms with Crippen LogP contribution in [0.15, 0.2) is 70.9 Å². The highest BCUT2D eigenvalue weighted by Gasteiger charge is 2.33. The predicted molar refractivity (Wildman–Crippen MR) is 118 cm³/mol. The van der Waals surface area contributed by atoms with Crippen molar-refractivity contribution in [3.63, 3.8) is 0 Å². The molecule has 2 aromatic rings. The smallest absolute Gasteiger partial charge is 0.338 e. The number of benzene rings is 1. The third-order valence-corrected chi connectivity index (χ3v) is 5.91. The molecule has 1 aliphatic rings. The second-order valence-electron chi connectivity index (χ2n) is 7.18. The summed E-state index contributed by atoms with van der Waals surface area (Å²) in [4.78, 5) is 20.6. The molecular weight excluding hydrogens is 401 g/mol. The highest BCUT2D eigenvalue weighted by Crippen LogP contribution is 2.36. The van der Waals surface area contributed by atoms with E-state index in [0.717, 1.165) is 22.6 Å². The van der Waals surface area contributed by atoms with Crippen LogP contribution in [0, 0.1) is 5.82 Å². The van der Waals surface area contributed by atoms with Crippen molar-refractivity contribution in [2.24, 2.45) is 0 Å². The molecule has 0 saturated heterocycles. The fourth-order valence-corrected chi connectivity index (χ4v) is 4.59. The Bertz CT molecular complexity index is 962. The van der Waals surface area contributed by atoms with E-state index in [-0.39, 0.29) is 12.0 Å². The summed E-state index contributed by atoms with van der Waals surface area (Å²) < 4.78 is 13.8. The van der Waals surface area contributed by atoms with Gasteiger partial charge in [0.05, 0.1) is 16.3 Å². The minimum atomic E-state index is -0.949. The molecule has 7 heteroatoms. The third-order valence-electron chi connectivity index (χ3n) is 4.91. The number of halogens is 1. The summed E-state index contributed by atoms with van der Waals surface area (Å²) in [5.41, 5.74) is 2.75. The molecule has 0 saturated carbocycles. The zero-order valence-corrected chi connectivity index (χ0v) is 18.2. The Labute approximate surface area is 180 Å². The lowest BCUT2D eigenvalue weighted by molar-refractivity contribution is -0.132. The SMILES string of the molecule is CCSC1=C(C(=O)O)C(C)=CC(N(C)Cc2ccccn2)N1Cc1cccc(F)c1. The molecule has 0 aliphatic carbocycles. The Morgan fingerprint density at radius 2 is 2.10 bits per heavy atom. The summed E-state index contributed by atoms with van der Waals surface area (Å²) in [7, 11) is 1.99. The Morgan fingerprint density at radius 1 is 1.30 bits per heavy atom. The molecule has 2 heterocycles. The quantitative estimate of drug-likeness (QED) is 0.670. The molecule has 3 rings (SSSR count). The van der Waals surface area contributed by atoms with Crippen molar-refractivity contribution in [2.75, 3.05) is 12.8 Å². The first-order valence-electron chi connectivity index (χ1n) is 9.81. The van der Waals surface area contributed by atoms with Crippen molar-refractivity contribution in [3.8, 4) is 0 Å². The molecule has 1 atom stereocenters. The van der Waals surface area contributed by atoms with Crippen LogP contribution in [0.5, 0.6) is 0 Å². The van der Waals surface area contributed by atoms with E-state index in [1.807, 2.05) is 56.1 Å². The molecule has 0 bridgehead atoms. The normalized spacial score (nSPS) is 16.8. The summed E-state index contributed by atoms with van der Waals surface area (Å²) in [6.07, 6.45) is 3.54. The lowest BCUT2D eigenvalue weighted by Crippen LogP contribution is -2.46. The molecule has 1 unspecified atom stereocenters. The molecule has 0 spiro atoms. The molecule has 158 valence electrons. The molecule has 1 aromatic heterocycles. The van der Waals surface area contributed by atoms with E-state index in [2.05, 4.69) is 9.88 Å². The Balaban J connectivity index is 2.01. The number of likely N-dealkylation sites (N-methyl/N-ethyl adjacent to an activating group) is 1. The van der Waals surface area contributed by atoms with Gasteiger partial charge in [-0.15, -0.1) is 11.8 Å². The van der Waals surface area contributed by atoms with Crippen molar-refractivity contribution >= 4 is 17.7 Å². The summed E-state index contributed by atoms with van der Waals surface area (Å²) in [6.45, 7) is 4.83. The van der Waals surface area contributed by atoms with E-state index in [9.17, 15) is 14.3 Å². The molecule has 1 aliphatic heterocycles. The molecule has 0 amide bonds. The van der Waals surface area contributed by atoms with Crippen molar-refractivity contribution in [1.82, 2.24) is 14.8 Å². The van der Waals surface area contributed by atoms with Gasteiger partial charge in [-0.05, 0) is 61.2 Å². The topological polar surface area (TPSA) is 56.7 Å². The van der Waals surface area contributed by atoms with Crippen LogP contribution in [0.3, 0.4) is 0 Å². The molecule has 30 heavy (non-hydrogen) atoms. The summed E-state index contributed by atoms with van der Waals surface area (Å²) in [6, 6.07) is 12.2. The molecule has 1 aromatic carbocycles. The van der Waals surface area contributed by atoms with Gasteiger partial charge in [-0.2, -0.15) is 0 Å². The van der Waals surface area contributed by atoms with Crippen LogP contribution >= 0.6 is 11.8 Å². The van der Waals surface area contributed by atoms with E-state index in [4.69, 9.17) is 0 Å². The minimum Gasteiger partial charge on any atom is -0.478 e. The Hall–Kier alpha value is -2.64. The van der Waals surface area contributed by atoms with Crippen LogP contribution in [0.2, 0.25) is 0 Å². The van der Waals surface area contributed by atoms with Gasteiger partial charge in [0, 0.05) is 19.3 Å². The fourth-order valence-electron chi connectivity index (χ4n) is 3.58. The van der Waals surface area contributed by atoms with Crippen LogP contribution in [0.4, 0.5) is 4.39 Å². The van der Waals surface area contributed by atoms with Gasteiger partial charge >= 0.3 is 5.97 Å².